The standard InChI is InChI=1S/C26H19F2NO4/c27-22-13-16(14-23(28)24(22)25(30)31)7-5-6-12-29-26(32)33-15-21-19-10-3-1-8-17(19)18-9-2-4-11-20(18)21/h1-4,8-11,13-14,21H,6,12,15H2,(H,29,32)(H,30,31). The van der Waals surface area contributed by atoms with E-state index in [-0.39, 0.29) is 31.1 Å². The zero-order chi connectivity index (χ0) is 23.4. The van der Waals surface area contributed by atoms with Crippen molar-refractivity contribution in [3.05, 3.63) is 94.6 Å². The van der Waals surface area contributed by atoms with Crippen molar-refractivity contribution in [1.29, 1.82) is 0 Å². The number of carboxylic acids is 1. The number of aromatic carboxylic acids is 1. The third kappa shape index (κ3) is 4.70. The average molecular weight is 447 g/mol. The molecule has 0 atom stereocenters. The number of carboxylic acid groups (broad SMARTS) is 1. The van der Waals surface area contributed by atoms with Gasteiger partial charge in [0.05, 0.1) is 0 Å². The monoisotopic (exact) mass is 447 g/mol. The predicted molar refractivity (Wildman–Crippen MR) is 118 cm³/mol. The Bertz CT molecular complexity index is 1220. The average Bonchev–Trinajstić information content (AvgIpc) is 3.10. The van der Waals surface area contributed by atoms with Crippen molar-refractivity contribution in [2.45, 2.75) is 12.3 Å². The maximum atomic E-state index is 13.7. The van der Waals surface area contributed by atoms with Crippen LogP contribution in [0, 0.1) is 23.5 Å². The number of fused-ring (bicyclic) bond motifs is 3. The molecule has 0 aromatic heterocycles. The van der Waals surface area contributed by atoms with Crippen LogP contribution in [-0.4, -0.2) is 30.3 Å². The molecule has 1 aliphatic rings. The van der Waals surface area contributed by atoms with E-state index >= 15 is 0 Å². The molecule has 0 bridgehead atoms. The second kappa shape index (κ2) is 9.53. The Hall–Kier alpha value is -4.18. The minimum Gasteiger partial charge on any atom is -0.477 e. The lowest BCUT2D eigenvalue weighted by atomic mass is 9.98. The molecule has 2 N–H and O–H groups in total. The molecule has 0 unspecified atom stereocenters. The molecule has 3 aromatic carbocycles. The molecule has 33 heavy (non-hydrogen) atoms. The van der Waals surface area contributed by atoms with Gasteiger partial charge in [-0.1, -0.05) is 60.4 Å². The van der Waals surface area contributed by atoms with E-state index < -0.39 is 29.3 Å². The number of halogens is 2. The summed E-state index contributed by atoms with van der Waals surface area (Å²) in [5, 5.41) is 11.4. The number of rotatable bonds is 5. The van der Waals surface area contributed by atoms with Crippen LogP contribution in [0.4, 0.5) is 13.6 Å². The fourth-order valence-electron chi connectivity index (χ4n) is 3.89. The third-order valence-corrected chi connectivity index (χ3v) is 5.35. The van der Waals surface area contributed by atoms with E-state index in [1.807, 2.05) is 36.4 Å². The maximum absolute atomic E-state index is 13.7. The molecule has 0 fully saturated rings. The summed E-state index contributed by atoms with van der Waals surface area (Å²) in [6.45, 7) is 0.377. The molecule has 0 radical (unpaired) electrons. The molecule has 4 rings (SSSR count). The van der Waals surface area contributed by atoms with Crippen molar-refractivity contribution in [1.82, 2.24) is 5.32 Å². The first-order valence-electron chi connectivity index (χ1n) is 10.3. The van der Waals surface area contributed by atoms with Crippen molar-refractivity contribution >= 4 is 12.1 Å². The van der Waals surface area contributed by atoms with Crippen LogP contribution < -0.4 is 5.32 Å². The minimum absolute atomic E-state index is 0.0103. The van der Waals surface area contributed by atoms with Gasteiger partial charge in [0.25, 0.3) is 0 Å². The Kier molecular flexibility index (Phi) is 6.36. The smallest absolute Gasteiger partial charge is 0.407 e. The van der Waals surface area contributed by atoms with Gasteiger partial charge in [0.15, 0.2) is 0 Å². The van der Waals surface area contributed by atoms with Crippen LogP contribution in [0.1, 0.15) is 39.4 Å². The van der Waals surface area contributed by atoms with Gasteiger partial charge in [-0.15, -0.1) is 0 Å². The number of carbonyl (C=O) groups is 2. The Morgan fingerprint density at radius 2 is 1.55 bits per heavy atom. The highest BCUT2D eigenvalue weighted by Crippen LogP contribution is 2.44. The molecule has 3 aromatic rings. The molecule has 0 heterocycles. The second-order valence-electron chi connectivity index (χ2n) is 7.42. The number of alkyl carbamates (subject to hydrolysis) is 1. The zero-order valence-corrected chi connectivity index (χ0v) is 17.4. The highest BCUT2D eigenvalue weighted by Gasteiger charge is 2.28. The molecule has 1 amide bonds. The van der Waals surface area contributed by atoms with Gasteiger partial charge in [0.1, 0.15) is 23.8 Å². The van der Waals surface area contributed by atoms with Crippen molar-refractivity contribution in [2.75, 3.05) is 13.2 Å². The molecule has 0 saturated carbocycles. The lowest BCUT2D eigenvalue weighted by Crippen LogP contribution is -2.26. The maximum Gasteiger partial charge on any atom is 0.407 e. The first kappa shape index (κ1) is 22.0. The number of benzene rings is 3. The number of carbonyl (C=O) groups excluding carboxylic acids is 1. The Balaban J connectivity index is 1.29. The molecule has 5 nitrogen and oxygen atoms in total. The summed E-state index contributed by atoms with van der Waals surface area (Å²) in [5.74, 6) is 1.13. The Labute approximate surface area is 189 Å². The summed E-state index contributed by atoms with van der Waals surface area (Å²) in [6.07, 6.45) is -0.366. The van der Waals surface area contributed by atoms with Crippen LogP contribution >= 0.6 is 0 Å². The third-order valence-electron chi connectivity index (χ3n) is 5.35. The second-order valence-corrected chi connectivity index (χ2v) is 7.42. The number of hydrogen-bond acceptors (Lipinski definition) is 3. The highest BCUT2D eigenvalue weighted by atomic mass is 19.1. The predicted octanol–water partition coefficient (Wildman–Crippen LogP) is 4.94. The fourth-order valence-corrected chi connectivity index (χ4v) is 3.89. The topological polar surface area (TPSA) is 75.6 Å². The van der Waals surface area contributed by atoms with E-state index in [1.54, 1.807) is 0 Å². The summed E-state index contributed by atoms with van der Waals surface area (Å²) in [6, 6.07) is 17.8. The Morgan fingerprint density at radius 3 is 2.12 bits per heavy atom. The molecular weight excluding hydrogens is 428 g/mol. The lowest BCUT2D eigenvalue weighted by Gasteiger charge is -2.14. The van der Waals surface area contributed by atoms with Crippen LogP contribution in [0.15, 0.2) is 60.7 Å². The lowest BCUT2D eigenvalue weighted by molar-refractivity contribution is 0.0686. The van der Waals surface area contributed by atoms with Gasteiger partial charge in [-0.05, 0) is 34.4 Å². The quantitative estimate of drug-likeness (QED) is 0.429. The zero-order valence-electron chi connectivity index (χ0n) is 17.4. The van der Waals surface area contributed by atoms with E-state index in [4.69, 9.17) is 9.84 Å². The van der Waals surface area contributed by atoms with Gasteiger partial charge in [-0.2, -0.15) is 0 Å². The van der Waals surface area contributed by atoms with Crippen molar-refractivity contribution in [3.8, 4) is 23.0 Å². The Morgan fingerprint density at radius 1 is 0.970 bits per heavy atom. The number of nitrogens with one attached hydrogen (secondary N) is 1. The molecule has 7 heteroatoms. The van der Waals surface area contributed by atoms with E-state index in [9.17, 15) is 18.4 Å². The summed E-state index contributed by atoms with van der Waals surface area (Å²) in [7, 11) is 0. The van der Waals surface area contributed by atoms with Gasteiger partial charge < -0.3 is 15.2 Å². The van der Waals surface area contributed by atoms with Crippen molar-refractivity contribution in [2.24, 2.45) is 0 Å². The van der Waals surface area contributed by atoms with Crippen LogP contribution in [-0.2, 0) is 4.74 Å². The minimum atomic E-state index is -1.68. The van der Waals surface area contributed by atoms with E-state index in [0.29, 0.717) is 0 Å². The first-order valence-corrected chi connectivity index (χ1v) is 10.3. The summed E-state index contributed by atoms with van der Waals surface area (Å²) >= 11 is 0. The van der Waals surface area contributed by atoms with E-state index in [2.05, 4.69) is 29.3 Å². The SMILES string of the molecule is O=C(NCCC#Cc1cc(F)c(C(=O)O)c(F)c1)OCC1c2ccccc2-c2ccccc21. The number of ether oxygens (including phenoxy) is 1. The normalized spacial score (nSPS) is 11.7. The summed E-state index contributed by atoms with van der Waals surface area (Å²) in [5.41, 5.74) is 3.51. The van der Waals surface area contributed by atoms with E-state index in [0.717, 1.165) is 34.4 Å². The highest BCUT2D eigenvalue weighted by molar-refractivity contribution is 5.88. The molecule has 166 valence electrons. The first-order chi connectivity index (χ1) is 16.0. The number of amides is 1. The largest absolute Gasteiger partial charge is 0.477 e. The fraction of sp³-hybridized carbons (Fsp3) is 0.154. The van der Waals surface area contributed by atoms with E-state index in [1.165, 1.54) is 0 Å². The van der Waals surface area contributed by atoms with Crippen molar-refractivity contribution < 1.29 is 28.2 Å². The summed E-state index contributed by atoms with van der Waals surface area (Å²) in [4.78, 5) is 22.9. The molecule has 1 aliphatic carbocycles. The van der Waals surface area contributed by atoms with Gasteiger partial charge in [0.2, 0.25) is 0 Å². The van der Waals surface area contributed by atoms with Crippen molar-refractivity contribution in [3.63, 3.8) is 0 Å². The van der Waals surface area contributed by atoms with Gasteiger partial charge >= 0.3 is 12.1 Å². The molecule has 0 spiro atoms. The van der Waals surface area contributed by atoms with Gasteiger partial charge in [-0.3, -0.25) is 0 Å². The van der Waals surface area contributed by atoms with Crippen LogP contribution in [0.2, 0.25) is 0 Å². The van der Waals surface area contributed by atoms with Crippen LogP contribution in [0.5, 0.6) is 0 Å². The molecule has 0 aliphatic heterocycles. The number of hydrogen-bond donors (Lipinski definition) is 2. The van der Waals surface area contributed by atoms with Crippen LogP contribution in [0.3, 0.4) is 0 Å². The summed E-state index contributed by atoms with van der Waals surface area (Å²) < 4.78 is 32.8. The molecule has 0 saturated heterocycles. The van der Waals surface area contributed by atoms with Gasteiger partial charge in [0, 0.05) is 24.4 Å². The van der Waals surface area contributed by atoms with Crippen LogP contribution in [0.25, 0.3) is 11.1 Å². The van der Waals surface area contributed by atoms with Gasteiger partial charge in [-0.25, -0.2) is 18.4 Å². The molecular formula is C26H19F2NO4.